The van der Waals surface area contributed by atoms with Crippen molar-refractivity contribution in [2.75, 3.05) is 13.6 Å². The summed E-state index contributed by atoms with van der Waals surface area (Å²) in [5, 5.41) is 12.4. The first kappa shape index (κ1) is 14.7. The van der Waals surface area contributed by atoms with Crippen LogP contribution in [0.25, 0.3) is 0 Å². The molecule has 1 atom stereocenters. The van der Waals surface area contributed by atoms with Gasteiger partial charge in [-0.15, -0.1) is 0 Å². The Morgan fingerprint density at radius 3 is 2.44 bits per heavy atom. The molecular formula is C10H16N2O5S. The van der Waals surface area contributed by atoms with E-state index < -0.39 is 21.9 Å². The number of nitrogens with zero attached hydrogens (tertiary/aromatic N) is 2. The maximum atomic E-state index is 12.2. The maximum Gasteiger partial charge on any atom is 0.307 e. The van der Waals surface area contributed by atoms with Gasteiger partial charge in [-0.2, -0.15) is 4.31 Å². The van der Waals surface area contributed by atoms with Crippen molar-refractivity contribution >= 4 is 16.0 Å². The lowest BCUT2D eigenvalue weighted by molar-refractivity contribution is -0.141. The standard InChI is InChI=1S/C10H16N2O5S/c1-6(10(13)14)5-12(4)18(15,16)9-7(2)11-17-8(9)3/h6H,5H2,1-4H3,(H,13,14). The van der Waals surface area contributed by atoms with Gasteiger partial charge in [0.25, 0.3) is 0 Å². The van der Waals surface area contributed by atoms with E-state index in [2.05, 4.69) is 5.16 Å². The second-order valence-corrected chi connectivity index (χ2v) is 6.16. The topological polar surface area (TPSA) is 101 Å². The molecule has 1 unspecified atom stereocenters. The van der Waals surface area contributed by atoms with Crippen molar-refractivity contribution < 1.29 is 22.8 Å². The lowest BCUT2D eigenvalue weighted by Gasteiger charge is -2.18. The van der Waals surface area contributed by atoms with Gasteiger partial charge in [0.15, 0.2) is 5.76 Å². The molecule has 0 fully saturated rings. The lowest BCUT2D eigenvalue weighted by atomic mass is 10.2. The number of rotatable bonds is 5. The summed E-state index contributed by atoms with van der Waals surface area (Å²) in [5.74, 6) is -1.64. The smallest absolute Gasteiger partial charge is 0.307 e. The van der Waals surface area contributed by atoms with Crippen LogP contribution >= 0.6 is 0 Å². The van der Waals surface area contributed by atoms with Crippen LogP contribution in [0.5, 0.6) is 0 Å². The molecule has 0 saturated carbocycles. The van der Waals surface area contributed by atoms with Crippen LogP contribution in [-0.4, -0.2) is 42.5 Å². The fourth-order valence-corrected chi connectivity index (χ4v) is 3.10. The van der Waals surface area contributed by atoms with E-state index >= 15 is 0 Å². The molecular weight excluding hydrogens is 260 g/mol. The first-order valence-corrected chi connectivity index (χ1v) is 6.74. The second kappa shape index (κ2) is 5.07. The van der Waals surface area contributed by atoms with Crippen molar-refractivity contribution in [1.29, 1.82) is 0 Å². The lowest BCUT2D eigenvalue weighted by Crippen LogP contribution is -2.34. The van der Waals surface area contributed by atoms with Gasteiger partial charge in [0.05, 0.1) is 5.92 Å². The molecule has 1 aromatic heterocycles. The van der Waals surface area contributed by atoms with Crippen LogP contribution in [0.4, 0.5) is 0 Å². The van der Waals surface area contributed by atoms with Crippen LogP contribution in [0.1, 0.15) is 18.4 Å². The van der Waals surface area contributed by atoms with Gasteiger partial charge in [-0.1, -0.05) is 12.1 Å². The van der Waals surface area contributed by atoms with Crippen molar-refractivity contribution in [3.05, 3.63) is 11.5 Å². The first-order valence-electron chi connectivity index (χ1n) is 5.30. The van der Waals surface area contributed by atoms with Crippen LogP contribution in [0.15, 0.2) is 9.42 Å². The second-order valence-electron chi connectivity index (χ2n) is 4.18. The van der Waals surface area contributed by atoms with Crippen LogP contribution in [0, 0.1) is 19.8 Å². The third-order valence-corrected chi connectivity index (χ3v) is 4.66. The summed E-state index contributed by atoms with van der Waals surface area (Å²) >= 11 is 0. The van der Waals surface area contributed by atoms with Crippen molar-refractivity contribution in [3.63, 3.8) is 0 Å². The van der Waals surface area contributed by atoms with Crippen molar-refractivity contribution in [2.45, 2.75) is 25.7 Å². The van der Waals surface area contributed by atoms with Gasteiger partial charge in [-0.05, 0) is 13.8 Å². The quantitative estimate of drug-likeness (QED) is 0.846. The summed E-state index contributed by atoms with van der Waals surface area (Å²) in [4.78, 5) is 10.7. The Hall–Kier alpha value is -1.41. The normalized spacial score (nSPS) is 13.8. The molecule has 0 radical (unpaired) electrons. The minimum atomic E-state index is -3.77. The Labute approximate surface area is 105 Å². The largest absolute Gasteiger partial charge is 0.481 e. The molecule has 18 heavy (non-hydrogen) atoms. The number of hydrogen-bond acceptors (Lipinski definition) is 5. The highest BCUT2D eigenvalue weighted by Crippen LogP contribution is 2.22. The van der Waals surface area contributed by atoms with Crippen LogP contribution in [-0.2, 0) is 14.8 Å². The van der Waals surface area contributed by atoms with Gasteiger partial charge >= 0.3 is 5.97 Å². The highest BCUT2D eigenvalue weighted by Gasteiger charge is 2.30. The highest BCUT2D eigenvalue weighted by molar-refractivity contribution is 7.89. The van der Waals surface area contributed by atoms with Gasteiger partial charge in [-0.25, -0.2) is 8.42 Å². The molecule has 1 heterocycles. The van der Waals surface area contributed by atoms with E-state index in [9.17, 15) is 13.2 Å². The Balaban J connectivity index is 3.05. The average molecular weight is 276 g/mol. The van der Waals surface area contributed by atoms with Crippen molar-refractivity contribution in [2.24, 2.45) is 5.92 Å². The zero-order valence-corrected chi connectivity index (χ0v) is 11.5. The average Bonchev–Trinajstić information content (AvgIpc) is 2.58. The molecule has 0 spiro atoms. The molecule has 0 saturated heterocycles. The predicted octanol–water partition coefficient (Wildman–Crippen LogP) is 0.633. The summed E-state index contributed by atoms with van der Waals surface area (Å²) in [7, 11) is -2.44. The molecule has 102 valence electrons. The van der Waals surface area contributed by atoms with E-state index in [1.807, 2.05) is 0 Å². The fraction of sp³-hybridized carbons (Fsp3) is 0.600. The van der Waals surface area contributed by atoms with Gasteiger partial charge < -0.3 is 9.63 Å². The molecule has 0 aliphatic rings. The summed E-state index contributed by atoms with van der Waals surface area (Å²) in [6, 6.07) is 0. The number of carboxylic acids is 1. The molecule has 0 amide bonds. The number of aryl methyl sites for hydroxylation is 2. The highest BCUT2D eigenvalue weighted by atomic mass is 32.2. The van der Waals surface area contributed by atoms with Crippen LogP contribution in [0.3, 0.4) is 0 Å². The zero-order valence-electron chi connectivity index (χ0n) is 10.7. The number of carboxylic acid groups (broad SMARTS) is 1. The third kappa shape index (κ3) is 2.70. The predicted molar refractivity (Wildman–Crippen MR) is 62.6 cm³/mol. The van der Waals surface area contributed by atoms with E-state index in [4.69, 9.17) is 9.63 Å². The molecule has 7 nitrogen and oxygen atoms in total. The molecule has 1 N–H and O–H groups in total. The van der Waals surface area contributed by atoms with Crippen LogP contribution < -0.4 is 0 Å². The summed E-state index contributed by atoms with van der Waals surface area (Å²) in [5.41, 5.74) is 0.266. The number of aromatic nitrogens is 1. The minimum absolute atomic E-state index is 0.00240. The number of carbonyl (C=O) groups is 1. The molecule has 8 heteroatoms. The molecule has 0 aliphatic carbocycles. The van der Waals surface area contributed by atoms with Crippen LogP contribution in [0.2, 0.25) is 0 Å². The Morgan fingerprint density at radius 2 is 2.06 bits per heavy atom. The van der Waals surface area contributed by atoms with E-state index in [-0.39, 0.29) is 22.9 Å². The number of sulfonamides is 1. The fourth-order valence-electron chi connectivity index (χ4n) is 1.56. The minimum Gasteiger partial charge on any atom is -0.481 e. The van der Waals surface area contributed by atoms with Crippen molar-refractivity contribution in [1.82, 2.24) is 9.46 Å². The summed E-state index contributed by atoms with van der Waals surface area (Å²) in [6.07, 6.45) is 0. The van der Waals surface area contributed by atoms with E-state index in [1.54, 1.807) is 0 Å². The van der Waals surface area contributed by atoms with Gasteiger partial charge in [-0.3, -0.25) is 4.79 Å². The molecule has 1 aromatic rings. The Morgan fingerprint density at radius 1 is 1.50 bits per heavy atom. The number of aliphatic carboxylic acids is 1. The van der Waals surface area contributed by atoms with Gasteiger partial charge in [0, 0.05) is 13.6 Å². The number of hydrogen-bond donors (Lipinski definition) is 1. The molecule has 1 rings (SSSR count). The summed E-state index contributed by atoms with van der Waals surface area (Å²) in [6.45, 7) is 4.36. The van der Waals surface area contributed by atoms with Gasteiger partial charge in [0.2, 0.25) is 10.0 Å². The maximum absolute atomic E-state index is 12.2. The first-order chi connectivity index (χ1) is 8.17. The van der Waals surface area contributed by atoms with E-state index in [1.165, 1.54) is 27.8 Å². The molecule has 0 bridgehead atoms. The third-order valence-electron chi connectivity index (χ3n) is 2.59. The van der Waals surface area contributed by atoms with Crippen molar-refractivity contribution in [3.8, 4) is 0 Å². The zero-order chi connectivity index (χ0) is 14.1. The molecule has 0 aromatic carbocycles. The summed E-state index contributed by atoms with van der Waals surface area (Å²) < 4.78 is 30.3. The SMILES string of the molecule is Cc1noc(C)c1S(=O)(=O)N(C)CC(C)C(=O)O. The van der Waals surface area contributed by atoms with E-state index in [0.29, 0.717) is 0 Å². The van der Waals surface area contributed by atoms with E-state index in [0.717, 1.165) is 4.31 Å². The van der Waals surface area contributed by atoms with Gasteiger partial charge in [0.1, 0.15) is 10.6 Å². The monoisotopic (exact) mass is 276 g/mol. The Bertz CT molecular complexity index is 529. The Kier molecular flexibility index (Phi) is 4.12. The molecule has 0 aliphatic heterocycles.